The quantitative estimate of drug-likeness (QED) is 0.622. The van der Waals surface area contributed by atoms with Crippen LogP contribution in [0.15, 0.2) is 36.5 Å². The minimum atomic E-state index is 0.0263. The number of hydrogen-bond donors (Lipinski definition) is 0. The number of rotatable bonds is 0. The van der Waals surface area contributed by atoms with Crippen LogP contribution in [0.5, 0.6) is 0 Å². The molecular weight excluding hydrogens is 218 g/mol. The molecule has 0 unspecified atom stereocenters. The highest BCUT2D eigenvalue weighted by Gasteiger charge is 2.35. The van der Waals surface area contributed by atoms with E-state index in [1.807, 2.05) is 12.3 Å². The summed E-state index contributed by atoms with van der Waals surface area (Å²) < 4.78 is 0. The van der Waals surface area contributed by atoms with Gasteiger partial charge < -0.3 is 0 Å². The smallest absolute Gasteiger partial charge is 0.129 e. The van der Waals surface area contributed by atoms with Gasteiger partial charge in [-0.3, -0.25) is 0 Å². The molecule has 0 atom stereocenters. The summed E-state index contributed by atoms with van der Waals surface area (Å²) in [5.74, 6) is 0. The molecule has 1 aromatic carbocycles. The molecule has 1 aromatic heterocycles. The van der Waals surface area contributed by atoms with Crippen molar-refractivity contribution in [3.8, 4) is 11.1 Å². The lowest BCUT2D eigenvalue weighted by Gasteiger charge is -2.21. The summed E-state index contributed by atoms with van der Waals surface area (Å²) in [7, 11) is 0. The number of nitrogens with zero attached hydrogens (tertiary/aromatic N) is 1. The van der Waals surface area contributed by atoms with Gasteiger partial charge in [-0.15, -0.1) is 0 Å². The first-order valence-electron chi connectivity index (χ1n) is 5.36. The number of halogens is 1. The Morgan fingerprint density at radius 3 is 2.62 bits per heavy atom. The molecule has 0 saturated heterocycles. The molecule has 2 heteroatoms. The van der Waals surface area contributed by atoms with E-state index >= 15 is 0 Å². The highest BCUT2D eigenvalue weighted by atomic mass is 35.5. The fourth-order valence-electron chi connectivity index (χ4n) is 2.57. The van der Waals surface area contributed by atoms with Crippen molar-refractivity contribution in [2.75, 3.05) is 0 Å². The lowest BCUT2D eigenvalue weighted by molar-refractivity contribution is 0.659. The van der Waals surface area contributed by atoms with E-state index in [-0.39, 0.29) is 5.41 Å². The lowest BCUT2D eigenvalue weighted by Crippen LogP contribution is -2.14. The summed E-state index contributed by atoms with van der Waals surface area (Å²) in [6, 6.07) is 10.5. The van der Waals surface area contributed by atoms with Crippen LogP contribution in [0.3, 0.4) is 0 Å². The summed E-state index contributed by atoms with van der Waals surface area (Å²) in [5.41, 5.74) is 5.15. The van der Waals surface area contributed by atoms with Crippen molar-refractivity contribution in [2.45, 2.75) is 19.3 Å². The normalized spacial score (nSPS) is 15.7. The first kappa shape index (κ1) is 9.86. The number of aromatic nitrogens is 1. The van der Waals surface area contributed by atoms with Gasteiger partial charge in [0, 0.05) is 17.2 Å². The van der Waals surface area contributed by atoms with E-state index in [2.05, 4.69) is 43.1 Å². The van der Waals surface area contributed by atoms with Crippen LogP contribution in [0, 0.1) is 0 Å². The molecule has 0 saturated carbocycles. The molecule has 1 heterocycles. The molecule has 0 radical (unpaired) electrons. The van der Waals surface area contributed by atoms with Gasteiger partial charge in [0.15, 0.2) is 0 Å². The minimum Gasteiger partial charge on any atom is -0.244 e. The molecule has 3 rings (SSSR count). The van der Waals surface area contributed by atoms with Gasteiger partial charge >= 0.3 is 0 Å². The maximum atomic E-state index is 5.98. The average molecular weight is 230 g/mol. The molecule has 0 aliphatic heterocycles. The van der Waals surface area contributed by atoms with Gasteiger partial charge in [0.2, 0.25) is 0 Å². The summed E-state index contributed by atoms with van der Waals surface area (Å²) in [6.07, 6.45) is 1.88. The minimum absolute atomic E-state index is 0.0263. The fraction of sp³-hybridized carbons (Fsp3) is 0.214. The highest BCUT2D eigenvalue weighted by Crippen LogP contribution is 2.48. The van der Waals surface area contributed by atoms with Gasteiger partial charge in [-0.25, -0.2) is 4.98 Å². The number of fused-ring (bicyclic) bond motifs is 3. The van der Waals surface area contributed by atoms with Crippen molar-refractivity contribution in [3.63, 3.8) is 0 Å². The predicted octanol–water partition coefficient (Wildman–Crippen LogP) is 4.04. The number of hydrogen-bond acceptors (Lipinski definition) is 1. The Bertz CT molecular complexity index is 573. The second kappa shape index (κ2) is 3.08. The van der Waals surface area contributed by atoms with Crippen LogP contribution in [0.2, 0.25) is 5.15 Å². The first-order valence-corrected chi connectivity index (χ1v) is 5.74. The lowest BCUT2D eigenvalue weighted by atomic mass is 9.83. The van der Waals surface area contributed by atoms with Gasteiger partial charge in [0.25, 0.3) is 0 Å². The zero-order valence-electron chi connectivity index (χ0n) is 9.29. The third kappa shape index (κ3) is 1.15. The zero-order valence-corrected chi connectivity index (χ0v) is 10.0. The molecule has 16 heavy (non-hydrogen) atoms. The molecule has 2 aromatic rings. The van der Waals surface area contributed by atoms with Crippen LogP contribution in [0.4, 0.5) is 0 Å². The molecule has 0 N–H and O–H groups in total. The van der Waals surface area contributed by atoms with Gasteiger partial charge in [-0.1, -0.05) is 49.7 Å². The van der Waals surface area contributed by atoms with E-state index in [4.69, 9.17) is 11.6 Å². The second-order valence-electron chi connectivity index (χ2n) is 4.72. The second-order valence-corrected chi connectivity index (χ2v) is 5.11. The standard InChI is InChI=1S/C14H12ClN/c1-14(2)11-6-4-3-5-9(11)10-8-16-13(15)7-12(10)14/h3-8H,1-2H3. The Labute approximate surface area is 100 Å². The SMILES string of the molecule is CC1(C)c2ccccc2-c2cnc(Cl)cc21. The summed E-state index contributed by atoms with van der Waals surface area (Å²) in [5, 5.41) is 0.569. The van der Waals surface area contributed by atoms with E-state index in [9.17, 15) is 0 Å². The summed E-state index contributed by atoms with van der Waals surface area (Å²) in [4.78, 5) is 4.18. The van der Waals surface area contributed by atoms with Crippen LogP contribution in [0.25, 0.3) is 11.1 Å². The topological polar surface area (TPSA) is 12.9 Å². The predicted molar refractivity (Wildman–Crippen MR) is 66.8 cm³/mol. The van der Waals surface area contributed by atoms with Crippen molar-refractivity contribution in [1.29, 1.82) is 0 Å². The molecule has 80 valence electrons. The summed E-state index contributed by atoms with van der Waals surface area (Å²) in [6.45, 7) is 4.46. The van der Waals surface area contributed by atoms with E-state index < -0.39 is 0 Å². The third-order valence-electron chi connectivity index (χ3n) is 3.43. The van der Waals surface area contributed by atoms with Crippen LogP contribution in [-0.4, -0.2) is 4.98 Å². The molecule has 0 spiro atoms. The van der Waals surface area contributed by atoms with E-state index in [1.54, 1.807) is 0 Å². The van der Waals surface area contributed by atoms with Gasteiger partial charge in [-0.2, -0.15) is 0 Å². The molecule has 0 fully saturated rings. The van der Waals surface area contributed by atoms with Crippen molar-refractivity contribution >= 4 is 11.6 Å². The van der Waals surface area contributed by atoms with Crippen molar-refractivity contribution in [1.82, 2.24) is 4.98 Å². The van der Waals surface area contributed by atoms with Crippen molar-refractivity contribution in [3.05, 3.63) is 52.8 Å². The Balaban J connectivity index is 2.39. The van der Waals surface area contributed by atoms with Gasteiger partial charge in [0.1, 0.15) is 5.15 Å². The Hall–Kier alpha value is -1.34. The van der Waals surface area contributed by atoms with Gasteiger partial charge in [-0.05, 0) is 22.8 Å². The van der Waals surface area contributed by atoms with E-state index in [0.29, 0.717) is 5.15 Å². The van der Waals surface area contributed by atoms with E-state index in [1.165, 1.54) is 22.3 Å². The maximum Gasteiger partial charge on any atom is 0.129 e. The average Bonchev–Trinajstić information content (AvgIpc) is 2.49. The van der Waals surface area contributed by atoms with Crippen LogP contribution in [0.1, 0.15) is 25.0 Å². The summed E-state index contributed by atoms with van der Waals surface area (Å²) >= 11 is 5.98. The van der Waals surface area contributed by atoms with Gasteiger partial charge in [0.05, 0.1) is 0 Å². The maximum absolute atomic E-state index is 5.98. The zero-order chi connectivity index (χ0) is 11.3. The first-order chi connectivity index (χ1) is 7.60. The molecule has 0 bridgehead atoms. The monoisotopic (exact) mass is 229 g/mol. The molecule has 1 aliphatic carbocycles. The highest BCUT2D eigenvalue weighted by molar-refractivity contribution is 6.29. The van der Waals surface area contributed by atoms with Crippen LogP contribution in [-0.2, 0) is 5.41 Å². The molecule has 1 aliphatic rings. The molecule has 1 nitrogen and oxygen atoms in total. The number of pyridine rings is 1. The fourth-order valence-corrected chi connectivity index (χ4v) is 2.73. The number of benzene rings is 1. The largest absolute Gasteiger partial charge is 0.244 e. The molecule has 0 amide bonds. The third-order valence-corrected chi connectivity index (χ3v) is 3.64. The van der Waals surface area contributed by atoms with E-state index in [0.717, 1.165) is 0 Å². The van der Waals surface area contributed by atoms with Crippen LogP contribution < -0.4 is 0 Å². The Morgan fingerprint density at radius 1 is 1.06 bits per heavy atom. The Morgan fingerprint density at radius 2 is 1.81 bits per heavy atom. The molecular formula is C14H12ClN. The van der Waals surface area contributed by atoms with Crippen LogP contribution >= 0.6 is 11.6 Å². The van der Waals surface area contributed by atoms with Crippen molar-refractivity contribution < 1.29 is 0 Å². The van der Waals surface area contributed by atoms with Crippen molar-refractivity contribution in [2.24, 2.45) is 0 Å². The Kier molecular flexibility index (Phi) is 1.90.